The van der Waals surface area contributed by atoms with E-state index in [4.69, 9.17) is 14.0 Å². The third-order valence-corrected chi connectivity index (χ3v) is 6.55. The van der Waals surface area contributed by atoms with E-state index in [2.05, 4.69) is 14.9 Å². The van der Waals surface area contributed by atoms with Gasteiger partial charge in [-0.2, -0.15) is 4.98 Å². The summed E-state index contributed by atoms with van der Waals surface area (Å²) in [6, 6.07) is 10.8. The number of hydrogen-bond donors (Lipinski definition) is 1. The van der Waals surface area contributed by atoms with Crippen LogP contribution in [-0.2, 0) is 29.4 Å². The molecule has 1 aromatic heterocycles. The molecule has 1 N–H and O–H groups in total. The number of benzene rings is 2. The molecule has 1 aliphatic rings. The molecule has 0 spiro atoms. The van der Waals surface area contributed by atoms with Crippen molar-refractivity contribution in [3.8, 4) is 22.9 Å². The van der Waals surface area contributed by atoms with Crippen LogP contribution in [0.25, 0.3) is 11.4 Å². The fourth-order valence-electron chi connectivity index (χ4n) is 3.55. The zero-order valence-electron chi connectivity index (χ0n) is 16.8. The van der Waals surface area contributed by atoms with Crippen LogP contribution in [0.1, 0.15) is 29.9 Å². The quantitative estimate of drug-likeness (QED) is 0.615. The SMILES string of the molecule is COc1cccc(-c2noc(CNS(=O)(=O)c3cc4c(cc3OC)CCCC4)n2)c1. The minimum Gasteiger partial charge on any atom is -0.497 e. The van der Waals surface area contributed by atoms with Gasteiger partial charge in [0.25, 0.3) is 0 Å². The van der Waals surface area contributed by atoms with Crippen LogP contribution < -0.4 is 14.2 Å². The monoisotopic (exact) mass is 429 g/mol. The number of sulfonamides is 1. The van der Waals surface area contributed by atoms with E-state index in [0.717, 1.165) is 36.8 Å². The van der Waals surface area contributed by atoms with Crippen molar-refractivity contribution in [2.75, 3.05) is 14.2 Å². The molecule has 4 rings (SSSR count). The highest BCUT2D eigenvalue weighted by Gasteiger charge is 2.24. The van der Waals surface area contributed by atoms with Gasteiger partial charge in [0.05, 0.1) is 20.8 Å². The fourth-order valence-corrected chi connectivity index (χ4v) is 4.72. The molecule has 0 bridgehead atoms. The molecular formula is C21H23N3O5S. The first-order valence-electron chi connectivity index (χ1n) is 9.66. The Morgan fingerprint density at radius 2 is 1.83 bits per heavy atom. The Morgan fingerprint density at radius 3 is 2.57 bits per heavy atom. The van der Waals surface area contributed by atoms with E-state index in [0.29, 0.717) is 22.9 Å². The van der Waals surface area contributed by atoms with Gasteiger partial charge in [-0.25, -0.2) is 13.1 Å². The zero-order valence-corrected chi connectivity index (χ0v) is 17.7. The summed E-state index contributed by atoms with van der Waals surface area (Å²) in [6.45, 7) is -0.125. The van der Waals surface area contributed by atoms with Gasteiger partial charge in [0.15, 0.2) is 0 Å². The number of fused-ring (bicyclic) bond motifs is 1. The number of rotatable bonds is 7. The van der Waals surface area contributed by atoms with E-state index in [9.17, 15) is 8.42 Å². The summed E-state index contributed by atoms with van der Waals surface area (Å²) in [6.07, 6.45) is 3.97. The van der Waals surface area contributed by atoms with Gasteiger partial charge in [0.1, 0.15) is 16.4 Å². The first-order chi connectivity index (χ1) is 14.5. The summed E-state index contributed by atoms with van der Waals surface area (Å²) in [5, 5.41) is 3.93. The van der Waals surface area contributed by atoms with Crippen molar-refractivity contribution in [1.82, 2.24) is 14.9 Å². The number of methoxy groups -OCH3 is 2. The van der Waals surface area contributed by atoms with Crippen LogP contribution in [-0.4, -0.2) is 32.8 Å². The molecule has 0 aliphatic heterocycles. The van der Waals surface area contributed by atoms with Crippen molar-refractivity contribution in [2.24, 2.45) is 0 Å². The maximum atomic E-state index is 12.9. The van der Waals surface area contributed by atoms with E-state index >= 15 is 0 Å². The first-order valence-corrected chi connectivity index (χ1v) is 11.1. The molecule has 0 saturated heterocycles. The number of nitrogens with zero attached hydrogens (tertiary/aromatic N) is 2. The van der Waals surface area contributed by atoms with Gasteiger partial charge in [-0.05, 0) is 61.1 Å². The van der Waals surface area contributed by atoms with Gasteiger partial charge >= 0.3 is 0 Å². The van der Waals surface area contributed by atoms with Gasteiger partial charge in [-0.3, -0.25) is 0 Å². The van der Waals surface area contributed by atoms with Gasteiger partial charge in [0.2, 0.25) is 21.7 Å². The molecule has 9 heteroatoms. The molecular weight excluding hydrogens is 406 g/mol. The lowest BCUT2D eigenvalue weighted by Gasteiger charge is -2.19. The number of aromatic nitrogens is 2. The Morgan fingerprint density at radius 1 is 1.07 bits per heavy atom. The Labute approximate surface area is 175 Å². The topological polar surface area (TPSA) is 104 Å². The van der Waals surface area contributed by atoms with Gasteiger partial charge in [0, 0.05) is 5.56 Å². The predicted octanol–water partition coefficient (Wildman–Crippen LogP) is 3.11. The Hall–Kier alpha value is -2.91. The smallest absolute Gasteiger partial charge is 0.244 e. The molecule has 0 radical (unpaired) electrons. The first kappa shape index (κ1) is 20.4. The average molecular weight is 429 g/mol. The molecule has 158 valence electrons. The summed E-state index contributed by atoms with van der Waals surface area (Å²) in [4.78, 5) is 4.40. The van der Waals surface area contributed by atoms with E-state index in [-0.39, 0.29) is 17.3 Å². The summed E-state index contributed by atoms with van der Waals surface area (Å²) >= 11 is 0. The third-order valence-electron chi connectivity index (χ3n) is 5.13. The van der Waals surface area contributed by atoms with Crippen LogP contribution in [0.5, 0.6) is 11.5 Å². The molecule has 0 saturated carbocycles. The minimum absolute atomic E-state index is 0.123. The van der Waals surface area contributed by atoms with Crippen LogP contribution in [0.2, 0.25) is 0 Å². The van der Waals surface area contributed by atoms with Crippen molar-refractivity contribution in [3.63, 3.8) is 0 Å². The number of ether oxygens (including phenoxy) is 2. The second kappa shape index (κ2) is 8.45. The molecule has 0 amide bonds. The lowest BCUT2D eigenvalue weighted by molar-refractivity contribution is 0.375. The molecule has 2 aromatic carbocycles. The predicted molar refractivity (Wildman–Crippen MR) is 110 cm³/mol. The van der Waals surface area contributed by atoms with Crippen LogP contribution in [0, 0.1) is 0 Å². The fraction of sp³-hybridized carbons (Fsp3) is 0.333. The Balaban J connectivity index is 1.53. The van der Waals surface area contributed by atoms with E-state index in [1.165, 1.54) is 7.11 Å². The molecule has 0 unspecified atom stereocenters. The molecule has 0 atom stereocenters. The van der Waals surface area contributed by atoms with Gasteiger partial charge < -0.3 is 14.0 Å². The lowest BCUT2D eigenvalue weighted by atomic mass is 9.92. The van der Waals surface area contributed by atoms with Crippen molar-refractivity contribution in [3.05, 3.63) is 53.4 Å². The maximum absolute atomic E-state index is 12.9. The highest BCUT2D eigenvalue weighted by molar-refractivity contribution is 7.89. The van der Waals surface area contributed by atoms with Crippen molar-refractivity contribution < 1.29 is 22.4 Å². The average Bonchev–Trinajstić information content (AvgIpc) is 3.26. The lowest BCUT2D eigenvalue weighted by Crippen LogP contribution is -2.24. The minimum atomic E-state index is -3.82. The van der Waals surface area contributed by atoms with Crippen LogP contribution in [0.15, 0.2) is 45.8 Å². The van der Waals surface area contributed by atoms with E-state index in [1.807, 2.05) is 24.3 Å². The number of nitrogens with one attached hydrogen (secondary N) is 1. The molecule has 8 nitrogen and oxygen atoms in total. The third kappa shape index (κ3) is 4.17. The van der Waals surface area contributed by atoms with E-state index < -0.39 is 10.0 Å². The summed E-state index contributed by atoms with van der Waals surface area (Å²) in [5.41, 5.74) is 2.92. The Bertz CT molecular complexity index is 1160. The molecule has 1 heterocycles. The zero-order chi connectivity index (χ0) is 21.1. The molecule has 30 heavy (non-hydrogen) atoms. The Kier molecular flexibility index (Phi) is 5.74. The normalized spacial score (nSPS) is 13.7. The van der Waals surface area contributed by atoms with Crippen LogP contribution in [0.3, 0.4) is 0 Å². The molecule has 3 aromatic rings. The largest absolute Gasteiger partial charge is 0.497 e. The summed E-state index contributed by atoms with van der Waals surface area (Å²) < 4.78 is 44.2. The van der Waals surface area contributed by atoms with E-state index in [1.54, 1.807) is 19.2 Å². The van der Waals surface area contributed by atoms with Crippen molar-refractivity contribution in [2.45, 2.75) is 37.1 Å². The summed E-state index contributed by atoms with van der Waals surface area (Å²) in [5.74, 6) is 1.52. The van der Waals surface area contributed by atoms with Gasteiger partial charge in [-0.15, -0.1) is 0 Å². The highest BCUT2D eigenvalue weighted by atomic mass is 32.2. The van der Waals surface area contributed by atoms with Crippen molar-refractivity contribution in [1.29, 1.82) is 0 Å². The maximum Gasteiger partial charge on any atom is 0.244 e. The second-order valence-electron chi connectivity index (χ2n) is 7.05. The second-order valence-corrected chi connectivity index (χ2v) is 8.78. The highest BCUT2D eigenvalue weighted by Crippen LogP contribution is 2.32. The molecule has 0 fully saturated rings. The standard InChI is InChI=1S/C21H23N3O5S/c1-27-17-9-5-8-16(10-17)21-23-20(29-24-21)13-22-30(25,26)19-12-15-7-4-3-6-14(15)11-18(19)28-2/h5,8-12,22H,3-4,6-7,13H2,1-2H3. The van der Waals surface area contributed by atoms with Crippen LogP contribution in [0.4, 0.5) is 0 Å². The number of aryl methyl sites for hydroxylation is 2. The van der Waals surface area contributed by atoms with Gasteiger partial charge in [-0.1, -0.05) is 17.3 Å². The van der Waals surface area contributed by atoms with Crippen LogP contribution >= 0.6 is 0 Å². The van der Waals surface area contributed by atoms with Crippen molar-refractivity contribution >= 4 is 10.0 Å². The molecule has 1 aliphatic carbocycles. The summed E-state index contributed by atoms with van der Waals surface area (Å²) in [7, 11) is -0.775. The number of hydrogen-bond acceptors (Lipinski definition) is 7.